The number of H-pyrrole nitrogens is 2. The number of para-hydroxylation sites is 1. The smallest absolute Gasteiger partial charge is 0.352 e. The second-order valence-corrected chi connectivity index (χ2v) is 4.81. The molecule has 90 valence electrons. The van der Waals surface area contributed by atoms with Gasteiger partial charge in [-0.1, -0.05) is 12.1 Å². The zero-order valence-corrected chi connectivity index (χ0v) is 10.8. The van der Waals surface area contributed by atoms with E-state index in [1.165, 1.54) is 0 Å². The lowest BCUT2D eigenvalue weighted by atomic mass is 10.1. The van der Waals surface area contributed by atoms with E-state index in [0.717, 1.165) is 26.6 Å². The van der Waals surface area contributed by atoms with Crippen molar-refractivity contribution in [3.05, 3.63) is 46.7 Å². The Bertz CT molecular complexity index is 742. The lowest BCUT2D eigenvalue weighted by molar-refractivity contribution is 0.0691. The van der Waals surface area contributed by atoms with Crippen molar-refractivity contribution in [3.63, 3.8) is 0 Å². The summed E-state index contributed by atoms with van der Waals surface area (Å²) in [6.07, 6.45) is 1.87. The molecule has 0 saturated heterocycles. The second-order valence-electron chi connectivity index (χ2n) is 3.96. The Morgan fingerprint density at radius 1 is 1.22 bits per heavy atom. The van der Waals surface area contributed by atoms with E-state index < -0.39 is 5.97 Å². The molecular weight excluding hydrogens is 296 g/mol. The standard InChI is InChI=1S/C13H9BrN2O2/c14-9-3-1-2-7-8(6-15-12(7)9)10-4-5-11(16-10)13(17)18/h1-6,15-16H,(H,17,18). The number of carboxylic acid groups (broad SMARTS) is 1. The van der Waals surface area contributed by atoms with Crippen molar-refractivity contribution in [2.24, 2.45) is 0 Å². The summed E-state index contributed by atoms with van der Waals surface area (Å²) >= 11 is 3.48. The van der Waals surface area contributed by atoms with Gasteiger partial charge in [0.05, 0.1) is 5.52 Å². The highest BCUT2D eigenvalue weighted by Crippen LogP contribution is 2.31. The van der Waals surface area contributed by atoms with E-state index in [2.05, 4.69) is 25.9 Å². The van der Waals surface area contributed by atoms with Crippen molar-refractivity contribution in [2.45, 2.75) is 0 Å². The van der Waals surface area contributed by atoms with Crippen LogP contribution in [0, 0.1) is 0 Å². The molecule has 0 aliphatic heterocycles. The predicted octanol–water partition coefficient (Wildman–Crippen LogP) is 3.62. The first kappa shape index (κ1) is 11.1. The highest BCUT2D eigenvalue weighted by atomic mass is 79.9. The summed E-state index contributed by atoms with van der Waals surface area (Å²) in [5.41, 5.74) is 2.93. The molecule has 0 spiro atoms. The fourth-order valence-corrected chi connectivity index (χ4v) is 2.50. The van der Waals surface area contributed by atoms with Crippen molar-refractivity contribution in [2.75, 3.05) is 0 Å². The minimum Gasteiger partial charge on any atom is -0.477 e. The molecule has 0 fully saturated rings. The van der Waals surface area contributed by atoms with E-state index >= 15 is 0 Å². The zero-order valence-electron chi connectivity index (χ0n) is 9.20. The molecule has 0 aliphatic carbocycles. The first-order valence-electron chi connectivity index (χ1n) is 5.35. The fraction of sp³-hybridized carbons (Fsp3) is 0. The Labute approximate surface area is 111 Å². The molecule has 4 nitrogen and oxygen atoms in total. The SMILES string of the molecule is O=C(O)c1ccc(-c2c[nH]c3c(Br)cccc23)[nH]1. The Kier molecular flexibility index (Phi) is 2.48. The summed E-state index contributed by atoms with van der Waals surface area (Å²) in [6.45, 7) is 0. The molecule has 2 heterocycles. The van der Waals surface area contributed by atoms with Gasteiger partial charge in [-0.15, -0.1) is 0 Å². The van der Waals surface area contributed by atoms with Gasteiger partial charge in [0, 0.05) is 27.3 Å². The molecule has 0 aliphatic rings. The van der Waals surface area contributed by atoms with Gasteiger partial charge in [-0.2, -0.15) is 0 Å². The van der Waals surface area contributed by atoms with Crippen LogP contribution in [0.15, 0.2) is 41.0 Å². The van der Waals surface area contributed by atoms with Crippen LogP contribution in [0.4, 0.5) is 0 Å². The lowest BCUT2D eigenvalue weighted by Crippen LogP contribution is -1.95. The van der Waals surface area contributed by atoms with Gasteiger partial charge in [0.15, 0.2) is 0 Å². The maximum Gasteiger partial charge on any atom is 0.352 e. The summed E-state index contributed by atoms with van der Waals surface area (Å²) in [5, 5.41) is 9.95. The summed E-state index contributed by atoms with van der Waals surface area (Å²) in [5.74, 6) is -0.956. The molecule has 3 rings (SSSR count). The average molecular weight is 305 g/mol. The summed E-state index contributed by atoms with van der Waals surface area (Å²) in [7, 11) is 0. The Morgan fingerprint density at radius 3 is 2.78 bits per heavy atom. The molecule has 0 atom stereocenters. The van der Waals surface area contributed by atoms with Gasteiger partial charge in [-0.25, -0.2) is 4.79 Å². The topological polar surface area (TPSA) is 68.9 Å². The number of fused-ring (bicyclic) bond motifs is 1. The van der Waals surface area contributed by atoms with Crippen LogP contribution >= 0.6 is 15.9 Å². The van der Waals surface area contributed by atoms with Crippen LogP contribution in [-0.2, 0) is 0 Å². The van der Waals surface area contributed by atoms with Crippen LogP contribution in [0.2, 0.25) is 0 Å². The second kappa shape index (κ2) is 4.03. The van der Waals surface area contributed by atoms with Crippen molar-refractivity contribution >= 4 is 32.8 Å². The van der Waals surface area contributed by atoms with E-state index in [9.17, 15) is 4.79 Å². The summed E-state index contributed by atoms with van der Waals surface area (Å²) < 4.78 is 0.983. The molecule has 0 unspecified atom stereocenters. The maximum atomic E-state index is 10.9. The molecule has 0 bridgehead atoms. The van der Waals surface area contributed by atoms with Gasteiger partial charge in [0.25, 0.3) is 0 Å². The predicted molar refractivity (Wildman–Crippen MR) is 72.7 cm³/mol. The maximum absolute atomic E-state index is 10.9. The van der Waals surface area contributed by atoms with Gasteiger partial charge in [-0.3, -0.25) is 0 Å². The molecule has 0 amide bonds. The van der Waals surface area contributed by atoms with E-state index in [1.54, 1.807) is 12.1 Å². The van der Waals surface area contributed by atoms with E-state index in [4.69, 9.17) is 5.11 Å². The van der Waals surface area contributed by atoms with E-state index in [1.807, 2.05) is 24.4 Å². The van der Waals surface area contributed by atoms with Crippen LogP contribution in [0.3, 0.4) is 0 Å². The van der Waals surface area contributed by atoms with Gasteiger partial charge >= 0.3 is 5.97 Å². The van der Waals surface area contributed by atoms with Crippen LogP contribution in [0.1, 0.15) is 10.5 Å². The highest BCUT2D eigenvalue weighted by molar-refractivity contribution is 9.10. The fourth-order valence-electron chi connectivity index (χ4n) is 2.02. The number of halogens is 1. The van der Waals surface area contributed by atoms with Gasteiger partial charge in [0.1, 0.15) is 5.69 Å². The van der Waals surface area contributed by atoms with Gasteiger partial charge < -0.3 is 15.1 Å². The molecule has 18 heavy (non-hydrogen) atoms. The van der Waals surface area contributed by atoms with E-state index in [0.29, 0.717) is 0 Å². The Hall–Kier alpha value is -2.01. The number of hydrogen-bond donors (Lipinski definition) is 3. The van der Waals surface area contributed by atoms with Crippen LogP contribution in [0.5, 0.6) is 0 Å². The van der Waals surface area contributed by atoms with Crippen LogP contribution < -0.4 is 0 Å². The van der Waals surface area contributed by atoms with Gasteiger partial charge in [-0.05, 0) is 34.1 Å². The number of aromatic carboxylic acids is 1. The number of rotatable bonds is 2. The molecule has 0 radical (unpaired) electrons. The third-order valence-electron chi connectivity index (χ3n) is 2.87. The largest absolute Gasteiger partial charge is 0.477 e. The third-order valence-corrected chi connectivity index (χ3v) is 3.53. The Balaban J connectivity index is 2.19. The number of aromatic nitrogens is 2. The van der Waals surface area contributed by atoms with Crippen molar-refractivity contribution in [3.8, 4) is 11.3 Å². The molecule has 5 heteroatoms. The van der Waals surface area contributed by atoms with Gasteiger partial charge in [0.2, 0.25) is 0 Å². The number of nitrogens with one attached hydrogen (secondary N) is 2. The Morgan fingerprint density at radius 2 is 2.06 bits per heavy atom. The molecule has 2 aromatic heterocycles. The average Bonchev–Trinajstić information content (AvgIpc) is 2.94. The highest BCUT2D eigenvalue weighted by Gasteiger charge is 2.11. The number of hydrogen-bond acceptors (Lipinski definition) is 1. The van der Waals surface area contributed by atoms with Crippen LogP contribution in [-0.4, -0.2) is 21.0 Å². The summed E-state index contributed by atoms with van der Waals surface area (Å²) in [4.78, 5) is 16.9. The third kappa shape index (κ3) is 1.64. The first-order chi connectivity index (χ1) is 8.66. The van der Waals surface area contributed by atoms with Crippen molar-refractivity contribution in [1.29, 1.82) is 0 Å². The number of carbonyl (C=O) groups is 1. The number of benzene rings is 1. The first-order valence-corrected chi connectivity index (χ1v) is 6.14. The normalized spacial score (nSPS) is 10.9. The quantitative estimate of drug-likeness (QED) is 0.677. The molecule has 3 aromatic rings. The molecular formula is C13H9BrN2O2. The van der Waals surface area contributed by atoms with Crippen molar-refractivity contribution < 1.29 is 9.90 Å². The summed E-state index contributed by atoms with van der Waals surface area (Å²) in [6, 6.07) is 9.24. The monoisotopic (exact) mass is 304 g/mol. The van der Waals surface area contributed by atoms with Crippen molar-refractivity contribution in [1.82, 2.24) is 9.97 Å². The van der Waals surface area contributed by atoms with Crippen LogP contribution in [0.25, 0.3) is 22.2 Å². The minimum absolute atomic E-state index is 0.189. The molecule has 1 aromatic carbocycles. The van der Waals surface area contributed by atoms with E-state index in [-0.39, 0.29) is 5.69 Å². The molecule has 3 N–H and O–H groups in total. The molecule has 0 saturated carbocycles. The lowest BCUT2D eigenvalue weighted by Gasteiger charge is -1.97. The number of aromatic amines is 2. The number of carboxylic acids is 1. The minimum atomic E-state index is -0.956. The zero-order chi connectivity index (χ0) is 12.7.